The smallest absolute Gasteiger partial charge is 0.318 e. The molecular weight excluding hydrogens is 626 g/mol. The third-order valence-corrected chi connectivity index (χ3v) is 9.95. The summed E-state index contributed by atoms with van der Waals surface area (Å²) in [5.74, 6) is 0.144. The molecular formula is C34H47ClF2N8O2. The van der Waals surface area contributed by atoms with Crippen molar-refractivity contribution in [1.29, 1.82) is 0 Å². The number of aliphatic imine (C=N–C) groups is 1. The molecule has 4 aliphatic rings. The molecule has 13 heteroatoms. The van der Waals surface area contributed by atoms with Crippen LogP contribution in [-0.2, 0) is 24.2 Å². The van der Waals surface area contributed by atoms with Crippen LogP contribution in [-0.4, -0.2) is 109 Å². The van der Waals surface area contributed by atoms with Crippen molar-refractivity contribution in [3.05, 3.63) is 57.1 Å². The van der Waals surface area contributed by atoms with Crippen LogP contribution in [0.1, 0.15) is 61.0 Å². The van der Waals surface area contributed by atoms with Gasteiger partial charge >= 0.3 is 6.01 Å². The highest BCUT2D eigenvalue weighted by molar-refractivity contribution is 6.45. The van der Waals surface area contributed by atoms with Crippen molar-refractivity contribution in [1.82, 2.24) is 24.7 Å². The van der Waals surface area contributed by atoms with Crippen LogP contribution in [0.15, 0.2) is 33.9 Å². The fraction of sp³-hybridized carbons (Fsp3) is 0.588. The number of hydrogen-bond donors (Lipinski definition) is 1. The first-order valence-electron chi connectivity index (χ1n) is 16.5. The number of halogens is 3. The van der Waals surface area contributed by atoms with Crippen LogP contribution in [0.25, 0.3) is 0 Å². The van der Waals surface area contributed by atoms with E-state index in [9.17, 15) is 9.18 Å². The van der Waals surface area contributed by atoms with E-state index in [1.165, 1.54) is 30.9 Å². The zero-order chi connectivity index (χ0) is 33.8. The number of likely N-dealkylation sites (N-methyl/N-ethyl adjacent to an activating group) is 2. The first-order chi connectivity index (χ1) is 22.5. The fourth-order valence-electron chi connectivity index (χ4n) is 7.08. The van der Waals surface area contributed by atoms with Crippen LogP contribution in [0.4, 0.5) is 14.6 Å². The van der Waals surface area contributed by atoms with Crippen molar-refractivity contribution in [3.63, 3.8) is 0 Å². The number of alkyl halides is 1. The highest BCUT2D eigenvalue weighted by Gasteiger charge is 2.35. The maximum atomic E-state index is 15.1. The first kappa shape index (κ1) is 35.0. The van der Waals surface area contributed by atoms with Crippen LogP contribution in [0.3, 0.4) is 0 Å². The van der Waals surface area contributed by atoms with E-state index in [-0.39, 0.29) is 34.5 Å². The largest absolute Gasteiger partial charge is 0.467 e. The van der Waals surface area contributed by atoms with Gasteiger partial charge in [-0.1, -0.05) is 30.7 Å². The number of methoxy groups -OCH3 is 1. The second kappa shape index (κ2) is 15.3. The maximum absolute atomic E-state index is 15.1. The van der Waals surface area contributed by atoms with E-state index in [4.69, 9.17) is 27.1 Å². The Morgan fingerprint density at radius 1 is 1.19 bits per heavy atom. The SMILES string of the molecule is CCc1cccc(F)c1C1Cc2nc(OC)nc(N3CCCN=C(/C(Cl)=C(\N)C(=O)N(C)C)C3)c2CN1C.FC1CC2CCCN2C1. The van der Waals surface area contributed by atoms with E-state index in [0.717, 1.165) is 48.4 Å². The summed E-state index contributed by atoms with van der Waals surface area (Å²) in [6, 6.07) is 5.95. The minimum absolute atomic E-state index is 0.0428. The van der Waals surface area contributed by atoms with Crippen LogP contribution in [0.2, 0.25) is 0 Å². The Morgan fingerprint density at radius 3 is 2.68 bits per heavy atom. The molecule has 2 aromatic rings. The number of benzene rings is 1. The Labute approximate surface area is 281 Å². The number of carbonyl (C=O) groups excluding carboxylic acids is 1. The van der Waals surface area contributed by atoms with Gasteiger partial charge in [-0.25, -0.2) is 8.78 Å². The number of anilines is 1. The second-order valence-corrected chi connectivity index (χ2v) is 13.3. The minimum atomic E-state index is -0.518. The molecule has 2 fully saturated rings. The zero-order valence-electron chi connectivity index (χ0n) is 28.1. The summed E-state index contributed by atoms with van der Waals surface area (Å²) in [5, 5.41) is 0.148. The molecule has 0 bridgehead atoms. The highest BCUT2D eigenvalue weighted by Crippen LogP contribution is 2.38. The lowest BCUT2D eigenvalue weighted by Crippen LogP contribution is -2.37. The molecule has 4 aliphatic heterocycles. The summed E-state index contributed by atoms with van der Waals surface area (Å²) < 4.78 is 33.1. The molecule has 0 spiro atoms. The van der Waals surface area contributed by atoms with Gasteiger partial charge in [0, 0.05) is 69.9 Å². The number of nitrogens with zero attached hydrogens (tertiary/aromatic N) is 7. The van der Waals surface area contributed by atoms with Crippen molar-refractivity contribution in [2.24, 2.45) is 10.7 Å². The molecule has 2 saturated heterocycles. The van der Waals surface area contributed by atoms with Crippen molar-refractivity contribution in [2.45, 2.75) is 70.2 Å². The van der Waals surface area contributed by atoms with Gasteiger partial charge in [0.1, 0.15) is 23.5 Å². The van der Waals surface area contributed by atoms with Gasteiger partial charge in [0.25, 0.3) is 5.91 Å². The number of aryl methyl sites for hydroxylation is 1. The standard InChI is InChI=1S/C27H35ClFN7O2.C7H12FN/c1-6-16-9-7-10-18(29)22(16)21-13-19-17(14-35(21)4)25(33-27(32-19)38-5)36-12-8-11-31-20(15-36)23(28)24(30)26(37)34(2)3;8-6-4-7-2-1-3-9(7)5-6/h7,9-10,21H,6,8,11-15,30H2,1-5H3;6-7H,1-5H2/b24-23+;. The molecule has 3 atom stereocenters. The van der Waals surface area contributed by atoms with Crippen LogP contribution in [0, 0.1) is 5.82 Å². The Hall–Kier alpha value is -3.35. The summed E-state index contributed by atoms with van der Waals surface area (Å²) in [6.07, 6.45) is 4.84. The van der Waals surface area contributed by atoms with Crippen LogP contribution in [0.5, 0.6) is 6.01 Å². The van der Waals surface area contributed by atoms with Crippen LogP contribution >= 0.6 is 11.6 Å². The fourth-order valence-corrected chi connectivity index (χ4v) is 7.29. The van der Waals surface area contributed by atoms with E-state index in [1.54, 1.807) is 20.2 Å². The van der Waals surface area contributed by atoms with Gasteiger partial charge in [-0.15, -0.1) is 0 Å². The maximum Gasteiger partial charge on any atom is 0.318 e. The number of amides is 1. The lowest BCUT2D eigenvalue weighted by molar-refractivity contribution is -0.124. The van der Waals surface area contributed by atoms with E-state index < -0.39 is 6.17 Å². The molecule has 0 radical (unpaired) electrons. The number of rotatable bonds is 6. The highest BCUT2D eigenvalue weighted by atomic mass is 35.5. The summed E-state index contributed by atoms with van der Waals surface area (Å²) in [4.78, 5) is 34.3. The molecule has 2 N–H and O–H groups in total. The molecule has 6 rings (SSSR count). The number of fused-ring (bicyclic) bond motifs is 2. The number of hydrogen-bond acceptors (Lipinski definition) is 9. The van der Waals surface area contributed by atoms with Gasteiger partial charge in [0.2, 0.25) is 0 Å². The average molecular weight is 673 g/mol. The number of aromatic nitrogens is 2. The van der Waals surface area contributed by atoms with Crippen LogP contribution < -0.4 is 15.4 Å². The van der Waals surface area contributed by atoms with Gasteiger partial charge in [-0.3, -0.25) is 19.6 Å². The number of carbonyl (C=O) groups is 1. The zero-order valence-corrected chi connectivity index (χ0v) is 28.9. The monoisotopic (exact) mass is 672 g/mol. The molecule has 0 saturated carbocycles. The predicted molar refractivity (Wildman–Crippen MR) is 181 cm³/mol. The topological polar surface area (TPSA) is 103 Å². The summed E-state index contributed by atoms with van der Waals surface area (Å²) >= 11 is 6.58. The Bertz CT molecular complexity index is 1510. The second-order valence-electron chi connectivity index (χ2n) is 12.9. The molecule has 1 aromatic carbocycles. The molecule has 47 heavy (non-hydrogen) atoms. The summed E-state index contributed by atoms with van der Waals surface area (Å²) in [7, 11) is 6.77. The molecule has 256 valence electrons. The van der Waals surface area contributed by atoms with Gasteiger partial charge in [-0.05, 0) is 57.3 Å². The number of nitrogens with two attached hydrogens (primary N) is 1. The van der Waals surface area contributed by atoms with Crippen molar-refractivity contribution in [3.8, 4) is 6.01 Å². The van der Waals surface area contributed by atoms with E-state index in [2.05, 4.69) is 24.7 Å². The Kier molecular flexibility index (Phi) is 11.3. The van der Waals surface area contributed by atoms with E-state index in [1.807, 2.05) is 20.0 Å². The van der Waals surface area contributed by atoms with E-state index >= 15 is 4.39 Å². The first-order valence-corrected chi connectivity index (χ1v) is 16.8. The Morgan fingerprint density at radius 2 is 1.98 bits per heavy atom. The predicted octanol–water partition coefficient (Wildman–Crippen LogP) is 4.26. The van der Waals surface area contributed by atoms with Gasteiger partial charge in [0.05, 0.1) is 30.1 Å². The van der Waals surface area contributed by atoms with Gasteiger partial charge < -0.3 is 20.3 Å². The van der Waals surface area contributed by atoms with Crippen molar-refractivity contribution >= 4 is 29.0 Å². The van der Waals surface area contributed by atoms with Crippen molar-refractivity contribution < 1.29 is 18.3 Å². The lowest BCUT2D eigenvalue weighted by Gasteiger charge is -2.37. The third-order valence-electron chi connectivity index (χ3n) is 9.53. The quantitative estimate of drug-likeness (QED) is 0.455. The summed E-state index contributed by atoms with van der Waals surface area (Å²) in [5.41, 5.74) is 10.1. The molecule has 1 aromatic heterocycles. The number of ether oxygens (including phenoxy) is 1. The molecule has 10 nitrogen and oxygen atoms in total. The molecule has 3 unspecified atom stereocenters. The van der Waals surface area contributed by atoms with Gasteiger partial charge in [-0.2, -0.15) is 9.97 Å². The average Bonchev–Trinajstić information content (AvgIpc) is 3.54. The van der Waals surface area contributed by atoms with E-state index in [0.29, 0.717) is 56.5 Å². The third kappa shape index (κ3) is 7.70. The summed E-state index contributed by atoms with van der Waals surface area (Å²) in [6.45, 7) is 5.97. The molecule has 0 aliphatic carbocycles. The minimum Gasteiger partial charge on any atom is -0.467 e. The molecule has 5 heterocycles. The van der Waals surface area contributed by atoms with Crippen molar-refractivity contribution in [2.75, 3.05) is 65.9 Å². The normalized spacial score (nSPS) is 23.5. The lowest BCUT2D eigenvalue weighted by atomic mass is 9.89. The molecule has 1 amide bonds. The Balaban J connectivity index is 0.000000410. The van der Waals surface area contributed by atoms with Gasteiger partial charge in [0.15, 0.2) is 0 Å².